The van der Waals surface area contributed by atoms with Crippen LogP contribution < -0.4 is 0 Å². The Kier molecular flexibility index (Phi) is 4.54. The lowest BCUT2D eigenvalue weighted by molar-refractivity contribution is -0.127. The molecule has 1 aromatic rings. The summed E-state index contributed by atoms with van der Waals surface area (Å²) in [7, 11) is 0. The van der Waals surface area contributed by atoms with E-state index in [1.54, 1.807) is 0 Å². The number of benzene rings is 1. The lowest BCUT2D eigenvalue weighted by Crippen LogP contribution is -2.41. The number of ether oxygens (including phenoxy) is 1. The molecule has 1 aliphatic rings. The molecule has 1 aliphatic heterocycles. The summed E-state index contributed by atoms with van der Waals surface area (Å²) in [6.45, 7) is 7.36. The number of hydrogen-bond donors (Lipinski definition) is 0. The van der Waals surface area contributed by atoms with Gasteiger partial charge in [0.15, 0.2) is 0 Å². The Morgan fingerprint density at radius 2 is 1.89 bits per heavy atom. The second-order valence-corrected chi connectivity index (χ2v) is 5.26. The van der Waals surface area contributed by atoms with Gasteiger partial charge in [-0.25, -0.2) is 0 Å². The van der Waals surface area contributed by atoms with Crippen LogP contribution in [0.4, 0.5) is 0 Å². The van der Waals surface area contributed by atoms with Crippen LogP contribution in [0.5, 0.6) is 0 Å². The fraction of sp³-hybridized carbons (Fsp3) is 0.471. The number of carbonyl (C=O) groups excluding carboxylic acids is 1. The fourth-order valence-electron chi connectivity index (χ4n) is 2.73. The van der Waals surface area contributed by atoms with Crippen molar-refractivity contribution in [2.24, 2.45) is 0 Å². The Balaban J connectivity index is 2.29. The molecule has 0 aromatic heterocycles. The van der Waals surface area contributed by atoms with Crippen LogP contribution in [0.2, 0.25) is 0 Å². The van der Waals surface area contributed by atoms with Crippen molar-refractivity contribution in [3.63, 3.8) is 0 Å². The number of carbonyl (C=O) groups is 1. The van der Waals surface area contributed by atoms with Crippen molar-refractivity contribution in [1.82, 2.24) is 0 Å². The van der Waals surface area contributed by atoms with E-state index >= 15 is 0 Å². The fourth-order valence-corrected chi connectivity index (χ4v) is 2.73. The van der Waals surface area contributed by atoms with Crippen LogP contribution in [0.1, 0.15) is 38.2 Å². The highest BCUT2D eigenvalue weighted by atomic mass is 16.5. The van der Waals surface area contributed by atoms with Gasteiger partial charge in [-0.1, -0.05) is 49.4 Å². The molecule has 0 saturated carbocycles. The van der Waals surface area contributed by atoms with Gasteiger partial charge in [0, 0.05) is 19.6 Å². The van der Waals surface area contributed by atoms with E-state index in [0.29, 0.717) is 25.4 Å². The highest BCUT2D eigenvalue weighted by molar-refractivity contribution is 5.91. The van der Waals surface area contributed by atoms with Gasteiger partial charge < -0.3 is 4.74 Å². The zero-order valence-corrected chi connectivity index (χ0v) is 11.7. The summed E-state index contributed by atoms with van der Waals surface area (Å²) >= 11 is 0. The molecule has 1 heterocycles. The summed E-state index contributed by atoms with van der Waals surface area (Å²) < 4.78 is 5.45. The molecule has 2 nitrogen and oxygen atoms in total. The molecule has 0 unspecified atom stereocenters. The van der Waals surface area contributed by atoms with E-state index in [4.69, 9.17) is 4.74 Å². The summed E-state index contributed by atoms with van der Waals surface area (Å²) in [5.41, 5.74) is 1.79. The van der Waals surface area contributed by atoms with Gasteiger partial charge in [-0.3, -0.25) is 4.79 Å². The molecule has 0 spiro atoms. The van der Waals surface area contributed by atoms with Crippen molar-refractivity contribution >= 4 is 5.78 Å². The molecule has 0 N–H and O–H groups in total. The van der Waals surface area contributed by atoms with E-state index in [0.717, 1.165) is 30.4 Å². The van der Waals surface area contributed by atoms with E-state index in [1.165, 1.54) is 0 Å². The van der Waals surface area contributed by atoms with Crippen molar-refractivity contribution in [1.29, 1.82) is 0 Å². The molecule has 0 aliphatic carbocycles. The Morgan fingerprint density at radius 1 is 1.26 bits per heavy atom. The first-order chi connectivity index (χ1) is 9.19. The van der Waals surface area contributed by atoms with Crippen LogP contribution in [0.15, 0.2) is 42.5 Å². The van der Waals surface area contributed by atoms with Crippen molar-refractivity contribution < 1.29 is 9.53 Å². The summed E-state index contributed by atoms with van der Waals surface area (Å²) in [4.78, 5) is 12.8. The highest BCUT2D eigenvalue weighted by Crippen LogP contribution is 2.37. The zero-order valence-electron chi connectivity index (χ0n) is 11.7. The zero-order chi connectivity index (χ0) is 13.7. The van der Waals surface area contributed by atoms with Crippen LogP contribution in [-0.2, 0) is 14.9 Å². The minimum atomic E-state index is -0.363. The first-order valence-corrected chi connectivity index (χ1v) is 7.02. The first-order valence-electron chi connectivity index (χ1n) is 7.02. The van der Waals surface area contributed by atoms with E-state index < -0.39 is 0 Å². The Hall–Kier alpha value is -1.41. The van der Waals surface area contributed by atoms with E-state index in [1.807, 2.05) is 18.2 Å². The van der Waals surface area contributed by atoms with Gasteiger partial charge in [-0.2, -0.15) is 0 Å². The average molecular weight is 258 g/mol. The van der Waals surface area contributed by atoms with E-state index in [2.05, 4.69) is 25.6 Å². The lowest BCUT2D eigenvalue weighted by Gasteiger charge is -2.36. The summed E-state index contributed by atoms with van der Waals surface area (Å²) in [5, 5.41) is 0. The summed E-state index contributed by atoms with van der Waals surface area (Å²) in [5.74, 6) is 0.300. The summed E-state index contributed by atoms with van der Waals surface area (Å²) in [6, 6.07) is 10.1. The molecule has 2 rings (SSSR count). The number of Topliss-reactive ketones (excluding diaryl/α,β-unsaturated/α-hetero) is 1. The molecule has 102 valence electrons. The minimum absolute atomic E-state index is 0.300. The predicted octanol–water partition coefficient (Wildman–Crippen LogP) is 3.66. The van der Waals surface area contributed by atoms with Crippen LogP contribution in [0.25, 0.3) is 0 Å². The molecule has 19 heavy (non-hydrogen) atoms. The Labute approximate surface area is 115 Å². The van der Waals surface area contributed by atoms with Gasteiger partial charge in [0.05, 0.1) is 5.41 Å². The molecule has 0 radical (unpaired) electrons. The number of hydrogen-bond acceptors (Lipinski definition) is 2. The van der Waals surface area contributed by atoms with E-state index in [-0.39, 0.29) is 5.41 Å². The molecule has 1 aromatic carbocycles. The third-order valence-corrected chi connectivity index (χ3v) is 4.12. The Morgan fingerprint density at radius 3 is 2.47 bits per heavy atom. The smallest absolute Gasteiger partial charge is 0.147 e. The number of ketones is 1. The van der Waals surface area contributed by atoms with Crippen LogP contribution in [0.3, 0.4) is 0 Å². The quantitative estimate of drug-likeness (QED) is 0.753. The largest absolute Gasteiger partial charge is 0.381 e. The molecule has 0 amide bonds. The average Bonchev–Trinajstić information content (AvgIpc) is 2.48. The minimum Gasteiger partial charge on any atom is -0.381 e. The molecule has 2 heteroatoms. The first kappa shape index (κ1) is 14.0. The van der Waals surface area contributed by atoms with Crippen molar-refractivity contribution in [3.8, 4) is 0 Å². The lowest BCUT2D eigenvalue weighted by atomic mass is 9.69. The number of allylic oxidation sites excluding steroid dienone is 1. The van der Waals surface area contributed by atoms with Crippen molar-refractivity contribution in [3.05, 3.63) is 48.0 Å². The van der Waals surface area contributed by atoms with Crippen LogP contribution in [-0.4, -0.2) is 19.0 Å². The van der Waals surface area contributed by atoms with Gasteiger partial charge in [0.25, 0.3) is 0 Å². The molecular formula is C17H22O2. The van der Waals surface area contributed by atoms with Gasteiger partial charge in [0.1, 0.15) is 5.78 Å². The second kappa shape index (κ2) is 6.16. The van der Waals surface area contributed by atoms with Gasteiger partial charge in [-0.15, -0.1) is 0 Å². The van der Waals surface area contributed by atoms with Crippen molar-refractivity contribution in [2.75, 3.05) is 13.2 Å². The molecular weight excluding hydrogens is 236 g/mol. The normalized spacial score (nSPS) is 17.9. The third-order valence-electron chi connectivity index (χ3n) is 4.12. The van der Waals surface area contributed by atoms with Crippen LogP contribution in [0, 0.1) is 0 Å². The second-order valence-electron chi connectivity index (χ2n) is 5.26. The predicted molar refractivity (Wildman–Crippen MR) is 77.2 cm³/mol. The third kappa shape index (κ3) is 2.95. The van der Waals surface area contributed by atoms with Crippen LogP contribution >= 0.6 is 0 Å². The maximum absolute atomic E-state index is 12.8. The van der Waals surface area contributed by atoms with Gasteiger partial charge in [0.2, 0.25) is 0 Å². The van der Waals surface area contributed by atoms with E-state index in [9.17, 15) is 4.79 Å². The maximum Gasteiger partial charge on any atom is 0.147 e. The Bertz CT molecular complexity index is 442. The molecule has 1 fully saturated rings. The molecule has 1 saturated heterocycles. The van der Waals surface area contributed by atoms with Gasteiger partial charge in [-0.05, 0) is 24.8 Å². The highest BCUT2D eigenvalue weighted by Gasteiger charge is 2.40. The molecule has 0 bridgehead atoms. The van der Waals surface area contributed by atoms with Crippen molar-refractivity contribution in [2.45, 2.75) is 38.0 Å². The molecule has 0 atom stereocenters. The standard InChI is InChI=1S/C17H22O2/c1-3-14(2)13-16(18)17(9-11-19-12-10-17)15-7-5-4-6-8-15/h4-8H,2-3,9-13H2,1H3. The number of rotatable bonds is 5. The monoisotopic (exact) mass is 258 g/mol. The maximum atomic E-state index is 12.8. The topological polar surface area (TPSA) is 26.3 Å². The van der Waals surface area contributed by atoms with Gasteiger partial charge >= 0.3 is 0 Å². The SMILES string of the molecule is C=C(CC)CC(=O)C1(c2ccccc2)CCOCC1. The summed E-state index contributed by atoms with van der Waals surface area (Å²) in [6.07, 6.45) is 2.93.